The van der Waals surface area contributed by atoms with Crippen molar-refractivity contribution in [3.05, 3.63) is 35.7 Å². The van der Waals surface area contributed by atoms with Crippen LogP contribution < -0.4 is 0 Å². The van der Waals surface area contributed by atoms with Gasteiger partial charge in [-0.15, -0.1) is 0 Å². The van der Waals surface area contributed by atoms with Crippen molar-refractivity contribution in [3.63, 3.8) is 0 Å². The maximum atomic E-state index is 13.0. The summed E-state index contributed by atoms with van der Waals surface area (Å²) in [5.41, 5.74) is 2.80. The van der Waals surface area contributed by atoms with Crippen LogP contribution in [0, 0.1) is 5.92 Å². The first-order chi connectivity index (χ1) is 10.2. The fourth-order valence-electron chi connectivity index (χ4n) is 3.09. The molecule has 0 aliphatic rings. The Bertz CT molecular complexity index is 607. The summed E-state index contributed by atoms with van der Waals surface area (Å²) < 4.78 is 1.86. The van der Waals surface area contributed by atoms with Gasteiger partial charge in [0.05, 0.1) is 16.8 Å². The number of fused-ring (bicyclic) bond motifs is 1. The van der Waals surface area contributed by atoms with Crippen LogP contribution in [0.15, 0.2) is 24.4 Å². The molecule has 0 radical (unpaired) electrons. The molecule has 21 heavy (non-hydrogen) atoms. The van der Waals surface area contributed by atoms with Gasteiger partial charge in [0, 0.05) is 18.0 Å². The van der Waals surface area contributed by atoms with E-state index in [0.29, 0.717) is 5.92 Å². The lowest BCUT2D eigenvalue weighted by Crippen LogP contribution is -2.15. The number of pyridine rings is 1. The Morgan fingerprint density at radius 1 is 1.10 bits per heavy atom. The van der Waals surface area contributed by atoms with Crippen molar-refractivity contribution in [1.82, 2.24) is 9.61 Å². The van der Waals surface area contributed by atoms with E-state index in [1.54, 1.807) is 0 Å². The van der Waals surface area contributed by atoms with Crippen LogP contribution in [0.4, 0.5) is 0 Å². The van der Waals surface area contributed by atoms with Crippen LogP contribution in [0.5, 0.6) is 0 Å². The van der Waals surface area contributed by atoms with E-state index in [1.165, 1.54) is 0 Å². The van der Waals surface area contributed by atoms with E-state index in [-0.39, 0.29) is 11.7 Å². The van der Waals surface area contributed by atoms with E-state index in [1.807, 2.05) is 28.9 Å². The standard InChI is InChI=1S/C18H26N2O/c1-5-13(6-2)17-16(18(21)14(7-3)8-4)15-11-9-10-12-20(15)19-17/h9-14H,5-8H2,1-4H3. The van der Waals surface area contributed by atoms with Crippen molar-refractivity contribution in [2.45, 2.75) is 59.3 Å². The highest BCUT2D eigenvalue weighted by molar-refractivity contribution is 6.05. The van der Waals surface area contributed by atoms with Crippen LogP contribution in [0.1, 0.15) is 75.3 Å². The summed E-state index contributed by atoms with van der Waals surface area (Å²) in [5.74, 6) is 0.729. The molecule has 0 atom stereocenters. The maximum Gasteiger partial charge on any atom is 0.170 e. The fraction of sp³-hybridized carbons (Fsp3) is 0.556. The van der Waals surface area contributed by atoms with E-state index >= 15 is 0 Å². The highest BCUT2D eigenvalue weighted by atomic mass is 16.1. The van der Waals surface area contributed by atoms with Gasteiger partial charge in [0.25, 0.3) is 0 Å². The molecule has 0 aromatic carbocycles. The molecule has 0 fully saturated rings. The number of aromatic nitrogens is 2. The third-order valence-corrected chi connectivity index (χ3v) is 4.54. The molecular formula is C18H26N2O. The Morgan fingerprint density at radius 3 is 2.33 bits per heavy atom. The molecule has 0 spiro atoms. The summed E-state index contributed by atoms with van der Waals surface area (Å²) in [5, 5.41) is 4.72. The van der Waals surface area contributed by atoms with Gasteiger partial charge >= 0.3 is 0 Å². The Labute approximate surface area is 127 Å². The Hall–Kier alpha value is -1.64. The number of hydrogen-bond acceptors (Lipinski definition) is 2. The molecule has 0 N–H and O–H groups in total. The van der Waals surface area contributed by atoms with Gasteiger partial charge < -0.3 is 0 Å². The number of Topliss-reactive ketones (excluding diaryl/α,β-unsaturated/α-hetero) is 1. The predicted octanol–water partition coefficient (Wildman–Crippen LogP) is 4.86. The van der Waals surface area contributed by atoms with Gasteiger partial charge in [0.1, 0.15) is 0 Å². The lowest BCUT2D eigenvalue weighted by atomic mass is 9.87. The van der Waals surface area contributed by atoms with Crippen molar-refractivity contribution >= 4 is 11.3 Å². The van der Waals surface area contributed by atoms with Crippen LogP contribution in [0.25, 0.3) is 5.52 Å². The Kier molecular flexibility index (Phi) is 5.16. The minimum atomic E-state index is 0.103. The summed E-state index contributed by atoms with van der Waals surface area (Å²) in [7, 11) is 0. The highest BCUT2D eigenvalue weighted by Gasteiger charge is 2.27. The Morgan fingerprint density at radius 2 is 1.76 bits per heavy atom. The molecule has 3 nitrogen and oxygen atoms in total. The zero-order valence-corrected chi connectivity index (χ0v) is 13.6. The maximum absolute atomic E-state index is 13.0. The second kappa shape index (κ2) is 6.88. The van der Waals surface area contributed by atoms with Gasteiger partial charge in [-0.3, -0.25) is 4.79 Å². The molecule has 0 bridgehead atoms. The lowest BCUT2D eigenvalue weighted by Gasteiger charge is -2.15. The average molecular weight is 286 g/mol. The predicted molar refractivity (Wildman–Crippen MR) is 86.9 cm³/mol. The molecule has 0 saturated carbocycles. The van der Waals surface area contributed by atoms with E-state index in [4.69, 9.17) is 5.10 Å². The van der Waals surface area contributed by atoms with Crippen LogP contribution in [-0.2, 0) is 0 Å². The molecule has 0 aliphatic carbocycles. The Balaban J connectivity index is 2.62. The van der Waals surface area contributed by atoms with Crippen molar-refractivity contribution in [3.8, 4) is 0 Å². The zero-order valence-electron chi connectivity index (χ0n) is 13.6. The first-order valence-corrected chi connectivity index (χ1v) is 8.19. The van der Waals surface area contributed by atoms with E-state index in [2.05, 4.69) is 27.7 Å². The first-order valence-electron chi connectivity index (χ1n) is 8.19. The first kappa shape index (κ1) is 15.7. The smallest absolute Gasteiger partial charge is 0.170 e. The van der Waals surface area contributed by atoms with Crippen molar-refractivity contribution in [2.24, 2.45) is 5.92 Å². The molecule has 3 heteroatoms. The van der Waals surface area contributed by atoms with Crippen LogP contribution >= 0.6 is 0 Å². The summed E-state index contributed by atoms with van der Waals surface area (Å²) in [6.45, 7) is 8.52. The average Bonchev–Trinajstić information content (AvgIpc) is 2.88. The fourth-order valence-corrected chi connectivity index (χ4v) is 3.09. The van der Waals surface area contributed by atoms with Crippen LogP contribution in [-0.4, -0.2) is 15.4 Å². The molecule has 2 rings (SSSR count). The minimum absolute atomic E-state index is 0.103. The normalized spacial score (nSPS) is 11.7. The molecule has 2 aromatic heterocycles. The summed E-state index contributed by atoms with van der Waals surface area (Å²) >= 11 is 0. The van der Waals surface area contributed by atoms with E-state index < -0.39 is 0 Å². The van der Waals surface area contributed by atoms with Gasteiger partial charge in [-0.05, 0) is 37.8 Å². The molecule has 0 amide bonds. The molecule has 2 heterocycles. The van der Waals surface area contributed by atoms with Crippen LogP contribution in [0.2, 0.25) is 0 Å². The molecule has 0 aliphatic heterocycles. The third-order valence-electron chi connectivity index (χ3n) is 4.54. The number of carbonyl (C=O) groups excluding carboxylic acids is 1. The number of carbonyl (C=O) groups is 1. The molecular weight excluding hydrogens is 260 g/mol. The van der Waals surface area contributed by atoms with Gasteiger partial charge in [-0.2, -0.15) is 5.10 Å². The highest BCUT2D eigenvalue weighted by Crippen LogP contribution is 2.31. The molecule has 2 aromatic rings. The summed E-state index contributed by atoms with van der Waals surface area (Å²) in [6.07, 6.45) is 5.75. The van der Waals surface area contributed by atoms with Gasteiger partial charge in [0.2, 0.25) is 0 Å². The number of rotatable bonds is 7. The minimum Gasteiger partial charge on any atom is -0.294 e. The molecule has 0 saturated heterocycles. The van der Waals surface area contributed by atoms with Crippen molar-refractivity contribution < 1.29 is 4.79 Å². The summed E-state index contributed by atoms with van der Waals surface area (Å²) in [4.78, 5) is 13.0. The molecule has 114 valence electrons. The van der Waals surface area contributed by atoms with E-state index in [0.717, 1.165) is 42.5 Å². The molecule has 0 unspecified atom stereocenters. The topological polar surface area (TPSA) is 34.4 Å². The van der Waals surface area contributed by atoms with Gasteiger partial charge in [0.15, 0.2) is 5.78 Å². The third kappa shape index (κ3) is 2.87. The van der Waals surface area contributed by atoms with Crippen molar-refractivity contribution in [1.29, 1.82) is 0 Å². The van der Waals surface area contributed by atoms with Gasteiger partial charge in [-0.1, -0.05) is 33.8 Å². The largest absolute Gasteiger partial charge is 0.294 e. The zero-order chi connectivity index (χ0) is 15.4. The SMILES string of the molecule is CCC(CC)C(=O)c1c(C(CC)CC)nn2ccccc12. The quantitative estimate of drug-likeness (QED) is 0.681. The number of hydrogen-bond donors (Lipinski definition) is 0. The lowest BCUT2D eigenvalue weighted by molar-refractivity contribution is 0.0913. The second-order valence-corrected chi connectivity index (χ2v) is 5.68. The van der Waals surface area contributed by atoms with Gasteiger partial charge in [-0.25, -0.2) is 4.52 Å². The number of ketones is 1. The van der Waals surface area contributed by atoms with E-state index in [9.17, 15) is 4.79 Å². The summed E-state index contributed by atoms with van der Waals surface area (Å²) in [6, 6.07) is 5.95. The van der Waals surface area contributed by atoms with Crippen molar-refractivity contribution in [2.75, 3.05) is 0 Å². The monoisotopic (exact) mass is 286 g/mol. The number of nitrogens with zero attached hydrogens (tertiary/aromatic N) is 2. The van der Waals surface area contributed by atoms with Crippen LogP contribution in [0.3, 0.4) is 0 Å². The second-order valence-electron chi connectivity index (χ2n) is 5.68.